The van der Waals surface area contributed by atoms with Crippen LogP contribution >= 0.6 is 0 Å². The molecule has 1 aromatic heterocycles. The van der Waals surface area contributed by atoms with Crippen molar-refractivity contribution in [3.05, 3.63) is 65.4 Å². The molecule has 1 saturated heterocycles. The molecule has 1 aliphatic heterocycles. The summed E-state index contributed by atoms with van der Waals surface area (Å²) in [5.41, 5.74) is 0.631. The first kappa shape index (κ1) is 22.8. The van der Waals surface area contributed by atoms with Crippen LogP contribution in [0.25, 0.3) is 6.08 Å². The summed E-state index contributed by atoms with van der Waals surface area (Å²) in [4.78, 5) is 32.3. The van der Waals surface area contributed by atoms with E-state index in [-0.39, 0.29) is 11.8 Å². The van der Waals surface area contributed by atoms with E-state index < -0.39 is 11.7 Å². The van der Waals surface area contributed by atoms with Gasteiger partial charge in [-0.1, -0.05) is 12.1 Å². The van der Waals surface area contributed by atoms with Crippen molar-refractivity contribution in [3.8, 4) is 0 Å². The number of carbonyl (C=O) groups excluding carboxylic acids is 2. The van der Waals surface area contributed by atoms with Crippen LogP contribution in [0, 0.1) is 0 Å². The standard InChI is InChI=1S/C24H25F3N4O2/c25-24(26,27)19-7-10-21(28-16-19)30-12-1-13-31(15-14-30)22(32)11-4-17-2-5-18(6-3-17)23(33)29-20-8-9-20/h2-7,10-11,16,20H,1,8-9,12-15H2,(H,29,33). The fourth-order valence-electron chi connectivity index (χ4n) is 3.62. The molecular weight excluding hydrogens is 433 g/mol. The van der Waals surface area contributed by atoms with Crippen LogP contribution in [-0.2, 0) is 11.0 Å². The van der Waals surface area contributed by atoms with Gasteiger partial charge in [0.15, 0.2) is 0 Å². The van der Waals surface area contributed by atoms with Crippen LogP contribution in [0.15, 0.2) is 48.7 Å². The Bertz CT molecular complexity index is 1020. The van der Waals surface area contributed by atoms with Gasteiger partial charge in [-0.3, -0.25) is 9.59 Å². The van der Waals surface area contributed by atoms with Gasteiger partial charge in [-0.25, -0.2) is 4.98 Å². The molecule has 1 N–H and O–H groups in total. The Hall–Kier alpha value is -3.36. The van der Waals surface area contributed by atoms with Gasteiger partial charge in [0.2, 0.25) is 5.91 Å². The number of halogens is 3. The number of anilines is 1. The molecule has 2 heterocycles. The van der Waals surface area contributed by atoms with Crippen LogP contribution in [-0.4, -0.2) is 53.9 Å². The van der Waals surface area contributed by atoms with Gasteiger partial charge >= 0.3 is 6.18 Å². The van der Waals surface area contributed by atoms with Crippen molar-refractivity contribution in [2.75, 3.05) is 31.1 Å². The highest BCUT2D eigenvalue weighted by atomic mass is 19.4. The molecule has 6 nitrogen and oxygen atoms in total. The Morgan fingerprint density at radius 1 is 1.00 bits per heavy atom. The fourth-order valence-corrected chi connectivity index (χ4v) is 3.62. The minimum absolute atomic E-state index is 0.0826. The average molecular weight is 458 g/mol. The van der Waals surface area contributed by atoms with E-state index in [0.29, 0.717) is 50.0 Å². The first-order chi connectivity index (χ1) is 15.8. The van der Waals surface area contributed by atoms with Crippen molar-refractivity contribution in [1.29, 1.82) is 0 Å². The lowest BCUT2D eigenvalue weighted by molar-refractivity contribution is -0.137. The zero-order chi connectivity index (χ0) is 23.4. The van der Waals surface area contributed by atoms with Gasteiger partial charge in [0, 0.05) is 50.1 Å². The summed E-state index contributed by atoms with van der Waals surface area (Å²) in [7, 11) is 0. The van der Waals surface area contributed by atoms with Crippen molar-refractivity contribution in [2.45, 2.75) is 31.5 Å². The van der Waals surface area contributed by atoms with Crippen LogP contribution in [0.5, 0.6) is 0 Å². The second-order valence-electron chi connectivity index (χ2n) is 8.27. The first-order valence-electron chi connectivity index (χ1n) is 11.0. The third kappa shape index (κ3) is 6.12. The Morgan fingerprint density at radius 3 is 2.39 bits per heavy atom. The van der Waals surface area contributed by atoms with Gasteiger partial charge in [0.05, 0.1) is 5.56 Å². The molecule has 2 aliphatic rings. The lowest BCUT2D eigenvalue weighted by Gasteiger charge is -2.22. The monoisotopic (exact) mass is 458 g/mol. The lowest BCUT2D eigenvalue weighted by Crippen LogP contribution is -2.34. The molecule has 0 spiro atoms. The molecule has 2 amide bonds. The number of nitrogens with zero attached hydrogens (tertiary/aromatic N) is 3. The summed E-state index contributed by atoms with van der Waals surface area (Å²) < 4.78 is 38.2. The molecule has 2 aromatic rings. The molecule has 1 aromatic carbocycles. The van der Waals surface area contributed by atoms with E-state index in [2.05, 4.69) is 10.3 Å². The van der Waals surface area contributed by atoms with E-state index in [0.717, 1.165) is 30.7 Å². The molecule has 4 rings (SSSR count). The second-order valence-corrected chi connectivity index (χ2v) is 8.27. The topological polar surface area (TPSA) is 65.5 Å². The van der Waals surface area contributed by atoms with Crippen LogP contribution in [0.4, 0.5) is 19.0 Å². The number of aromatic nitrogens is 1. The number of carbonyl (C=O) groups is 2. The normalized spacial score (nSPS) is 17.2. The zero-order valence-corrected chi connectivity index (χ0v) is 18.0. The average Bonchev–Trinajstić information content (AvgIpc) is 3.64. The highest BCUT2D eigenvalue weighted by Gasteiger charge is 2.31. The summed E-state index contributed by atoms with van der Waals surface area (Å²) in [5, 5.41) is 2.94. The highest BCUT2D eigenvalue weighted by molar-refractivity contribution is 5.95. The predicted molar refractivity (Wildman–Crippen MR) is 119 cm³/mol. The number of pyridine rings is 1. The van der Waals surface area contributed by atoms with Crippen LogP contribution in [0.1, 0.15) is 40.7 Å². The quantitative estimate of drug-likeness (QED) is 0.694. The molecular formula is C24H25F3N4O2. The molecule has 0 atom stereocenters. The van der Waals surface area contributed by atoms with Crippen molar-refractivity contribution in [2.24, 2.45) is 0 Å². The van der Waals surface area contributed by atoms with E-state index in [4.69, 9.17) is 0 Å². The van der Waals surface area contributed by atoms with E-state index in [1.165, 1.54) is 12.1 Å². The van der Waals surface area contributed by atoms with Gasteiger partial charge in [0.25, 0.3) is 5.91 Å². The third-order valence-corrected chi connectivity index (χ3v) is 5.71. The van der Waals surface area contributed by atoms with Crippen LogP contribution < -0.4 is 10.2 Å². The number of hydrogen-bond donors (Lipinski definition) is 1. The molecule has 1 saturated carbocycles. The van der Waals surface area contributed by atoms with Gasteiger partial charge < -0.3 is 15.1 Å². The maximum Gasteiger partial charge on any atom is 0.417 e. The Balaban J connectivity index is 1.31. The minimum Gasteiger partial charge on any atom is -0.355 e. The summed E-state index contributed by atoms with van der Waals surface area (Å²) in [5.74, 6) is 0.257. The number of amides is 2. The number of hydrogen-bond acceptors (Lipinski definition) is 4. The van der Waals surface area contributed by atoms with Crippen LogP contribution in [0.2, 0.25) is 0 Å². The molecule has 1 aliphatic carbocycles. The SMILES string of the molecule is O=C(NC1CC1)c1ccc(C=CC(=O)N2CCCN(c3ccc(C(F)(F)F)cn3)CC2)cc1. The lowest BCUT2D eigenvalue weighted by atomic mass is 10.1. The van der Waals surface area contributed by atoms with Gasteiger partial charge in [-0.15, -0.1) is 0 Å². The third-order valence-electron chi connectivity index (χ3n) is 5.71. The molecule has 0 radical (unpaired) electrons. The van der Waals surface area contributed by atoms with E-state index in [1.54, 1.807) is 35.2 Å². The largest absolute Gasteiger partial charge is 0.417 e. The number of nitrogens with one attached hydrogen (secondary N) is 1. The van der Waals surface area contributed by atoms with Gasteiger partial charge in [-0.2, -0.15) is 13.2 Å². The molecule has 9 heteroatoms. The Labute approximate surface area is 190 Å². The smallest absolute Gasteiger partial charge is 0.355 e. The van der Waals surface area contributed by atoms with Crippen molar-refractivity contribution in [1.82, 2.24) is 15.2 Å². The maximum absolute atomic E-state index is 12.7. The van der Waals surface area contributed by atoms with Crippen molar-refractivity contribution < 1.29 is 22.8 Å². The summed E-state index contributed by atoms with van der Waals surface area (Å²) >= 11 is 0. The predicted octanol–water partition coefficient (Wildman–Crippen LogP) is 3.74. The number of alkyl halides is 3. The highest BCUT2D eigenvalue weighted by Crippen LogP contribution is 2.29. The van der Waals surface area contributed by atoms with Crippen molar-refractivity contribution >= 4 is 23.7 Å². The maximum atomic E-state index is 12.7. The first-order valence-corrected chi connectivity index (χ1v) is 11.0. The molecule has 174 valence electrons. The summed E-state index contributed by atoms with van der Waals surface area (Å²) in [6.07, 6.45) is 2.40. The summed E-state index contributed by atoms with van der Waals surface area (Å²) in [6, 6.07) is 9.77. The molecule has 0 unspecified atom stereocenters. The number of rotatable bonds is 5. The molecule has 33 heavy (non-hydrogen) atoms. The molecule has 2 fully saturated rings. The zero-order valence-electron chi connectivity index (χ0n) is 18.0. The van der Waals surface area contributed by atoms with Crippen LogP contribution in [0.3, 0.4) is 0 Å². The van der Waals surface area contributed by atoms with Gasteiger partial charge in [0.1, 0.15) is 5.82 Å². The molecule has 0 bridgehead atoms. The Kier molecular flexibility index (Phi) is 6.67. The van der Waals surface area contributed by atoms with E-state index in [1.807, 2.05) is 4.90 Å². The van der Waals surface area contributed by atoms with Gasteiger partial charge in [-0.05, 0) is 55.2 Å². The fraction of sp³-hybridized carbons (Fsp3) is 0.375. The van der Waals surface area contributed by atoms with E-state index in [9.17, 15) is 22.8 Å². The summed E-state index contributed by atoms with van der Waals surface area (Å²) in [6.45, 7) is 2.10. The van der Waals surface area contributed by atoms with E-state index >= 15 is 0 Å². The minimum atomic E-state index is -4.41. The van der Waals surface area contributed by atoms with Crippen molar-refractivity contribution in [3.63, 3.8) is 0 Å². The number of benzene rings is 1. The Morgan fingerprint density at radius 2 is 1.76 bits per heavy atom. The second kappa shape index (κ2) is 9.64.